The SMILES string of the molecule is CCC(CC)[C@H](O)[C@@H]1[C@H](O)[C@@H](C(=O)OC)C[C@H]1NC(=O)OC(C)(C)C. The number of carbonyl (C=O) groups excluding carboxylic acids is 2. The highest BCUT2D eigenvalue weighted by Crippen LogP contribution is 2.38. The summed E-state index contributed by atoms with van der Waals surface area (Å²) in [5.41, 5.74) is -0.660. The third-order valence-corrected chi connectivity index (χ3v) is 4.91. The average molecular weight is 359 g/mol. The van der Waals surface area contributed by atoms with E-state index in [2.05, 4.69) is 5.32 Å². The minimum Gasteiger partial charge on any atom is -0.469 e. The van der Waals surface area contributed by atoms with Gasteiger partial charge in [0.25, 0.3) is 0 Å². The number of esters is 1. The molecular formula is C18H33NO6. The van der Waals surface area contributed by atoms with Gasteiger partial charge in [-0.15, -0.1) is 0 Å². The molecule has 5 atom stereocenters. The van der Waals surface area contributed by atoms with E-state index in [4.69, 9.17) is 9.47 Å². The maximum atomic E-state index is 12.1. The van der Waals surface area contributed by atoms with Crippen LogP contribution in [0.5, 0.6) is 0 Å². The predicted octanol–water partition coefficient (Wildman–Crippen LogP) is 1.85. The molecule has 0 saturated heterocycles. The maximum absolute atomic E-state index is 12.1. The molecule has 0 heterocycles. The monoisotopic (exact) mass is 359 g/mol. The lowest BCUT2D eigenvalue weighted by Crippen LogP contribution is -2.48. The summed E-state index contributed by atoms with van der Waals surface area (Å²) in [6.07, 6.45) is -0.861. The van der Waals surface area contributed by atoms with Crippen LogP contribution in [-0.2, 0) is 14.3 Å². The largest absolute Gasteiger partial charge is 0.469 e. The molecule has 7 nitrogen and oxygen atoms in total. The number of alkyl carbamates (subject to hydrolysis) is 1. The minimum atomic E-state index is -1.08. The van der Waals surface area contributed by atoms with Crippen molar-refractivity contribution in [2.45, 2.75) is 77.7 Å². The lowest BCUT2D eigenvalue weighted by molar-refractivity contribution is -0.149. The number of amides is 1. The normalized spacial score (nSPS) is 27.9. The van der Waals surface area contributed by atoms with Crippen LogP contribution >= 0.6 is 0 Å². The Labute approximate surface area is 150 Å². The Morgan fingerprint density at radius 2 is 1.80 bits per heavy atom. The fraction of sp³-hybridized carbons (Fsp3) is 0.889. The quantitative estimate of drug-likeness (QED) is 0.625. The van der Waals surface area contributed by atoms with Crippen molar-refractivity contribution in [2.24, 2.45) is 17.8 Å². The molecule has 0 unspecified atom stereocenters. The van der Waals surface area contributed by atoms with E-state index in [1.807, 2.05) is 13.8 Å². The number of rotatable bonds is 6. The van der Waals surface area contributed by atoms with Crippen LogP contribution in [0.2, 0.25) is 0 Å². The van der Waals surface area contributed by atoms with Crippen LogP contribution in [-0.4, -0.2) is 53.2 Å². The van der Waals surface area contributed by atoms with E-state index in [0.29, 0.717) is 0 Å². The molecule has 1 saturated carbocycles. The molecule has 0 aliphatic heterocycles. The molecule has 0 spiro atoms. The van der Waals surface area contributed by atoms with Crippen LogP contribution in [0.1, 0.15) is 53.9 Å². The minimum absolute atomic E-state index is 0.0287. The van der Waals surface area contributed by atoms with Crippen molar-refractivity contribution in [3.05, 3.63) is 0 Å². The first-order valence-electron chi connectivity index (χ1n) is 8.99. The smallest absolute Gasteiger partial charge is 0.407 e. The highest BCUT2D eigenvalue weighted by molar-refractivity contribution is 5.74. The number of carbonyl (C=O) groups is 2. The molecule has 0 aromatic carbocycles. The molecule has 1 fully saturated rings. The molecule has 25 heavy (non-hydrogen) atoms. The summed E-state index contributed by atoms with van der Waals surface area (Å²) in [6, 6.07) is -0.565. The van der Waals surface area contributed by atoms with Crippen molar-refractivity contribution < 1.29 is 29.3 Å². The van der Waals surface area contributed by atoms with Gasteiger partial charge in [-0.1, -0.05) is 26.7 Å². The van der Waals surface area contributed by atoms with E-state index in [9.17, 15) is 19.8 Å². The van der Waals surface area contributed by atoms with E-state index in [-0.39, 0.29) is 12.3 Å². The molecule has 1 rings (SSSR count). The fourth-order valence-electron chi connectivity index (χ4n) is 3.60. The Morgan fingerprint density at radius 1 is 1.24 bits per heavy atom. The Hall–Kier alpha value is -1.34. The summed E-state index contributed by atoms with van der Waals surface area (Å²) < 4.78 is 10.0. The van der Waals surface area contributed by atoms with Crippen molar-refractivity contribution in [3.63, 3.8) is 0 Å². The molecule has 1 aliphatic rings. The Kier molecular flexibility index (Phi) is 7.68. The summed E-state index contributed by atoms with van der Waals surface area (Å²) in [7, 11) is 1.26. The summed E-state index contributed by atoms with van der Waals surface area (Å²) in [6.45, 7) is 9.19. The van der Waals surface area contributed by atoms with Gasteiger partial charge in [-0.25, -0.2) is 4.79 Å². The summed E-state index contributed by atoms with van der Waals surface area (Å²) in [5.74, 6) is -2.00. The van der Waals surface area contributed by atoms with Crippen LogP contribution in [0.25, 0.3) is 0 Å². The van der Waals surface area contributed by atoms with Crippen LogP contribution in [0.15, 0.2) is 0 Å². The van der Waals surface area contributed by atoms with Gasteiger partial charge in [0.2, 0.25) is 0 Å². The lowest BCUT2D eigenvalue weighted by atomic mass is 9.83. The number of hydrogen-bond acceptors (Lipinski definition) is 6. The van der Waals surface area contributed by atoms with Gasteiger partial charge < -0.3 is 25.0 Å². The zero-order chi connectivity index (χ0) is 19.4. The molecule has 7 heteroatoms. The summed E-state index contributed by atoms with van der Waals surface area (Å²) in [5, 5.41) is 24.1. The third kappa shape index (κ3) is 5.57. The van der Waals surface area contributed by atoms with Crippen LogP contribution in [0, 0.1) is 17.8 Å². The first kappa shape index (κ1) is 21.7. The highest BCUT2D eigenvalue weighted by Gasteiger charge is 2.51. The fourth-order valence-corrected chi connectivity index (χ4v) is 3.60. The van der Waals surface area contributed by atoms with Crippen molar-refractivity contribution in [1.82, 2.24) is 5.32 Å². The summed E-state index contributed by atoms with van der Waals surface area (Å²) in [4.78, 5) is 24.1. The maximum Gasteiger partial charge on any atom is 0.407 e. The first-order chi connectivity index (χ1) is 11.6. The molecular weight excluding hydrogens is 326 g/mol. The van der Waals surface area contributed by atoms with Gasteiger partial charge in [0.05, 0.1) is 25.2 Å². The Bertz CT molecular complexity index is 457. The second-order valence-corrected chi connectivity index (χ2v) is 7.75. The molecule has 146 valence electrons. The Balaban J connectivity index is 3.00. The number of aliphatic hydroxyl groups excluding tert-OH is 2. The van der Waals surface area contributed by atoms with E-state index < -0.39 is 47.7 Å². The van der Waals surface area contributed by atoms with Gasteiger partial charge in [0, 0.05) is 12.0 Å². The summed E-state index contributed by atoms with van der Waals surface area (Å²) >= 11 is 0. The van der Waals surface area contributed by atoms with Crippen molar-refractivity contribution in [3.8, 4) is 0 Å². The lowest BCUT2D eigenvalue weighted by Gasteiger charge is -2.33. The number of aliphatic hydroxyl groups is 2. The average Bonchev–Trinajstić information content (AvgIpc) is 2.81. The molecule has 0 aromatic heterocycles. The first-order valence-corrected chi connectivity index (χ1v) is 8.99. The van der Waals surface area contributed by atoms with E-state index in [0.717, 1.165) is 12.8 Å². The Morgan fingerprint density at radius 3 is 2.24 bits per heavy atom. The zero-order valence-corrected chi connectivity index (χ0v) is 16.1. The molecule has 3 N–H and O–H groups in total. The van der Waals surface area contributed by atoms with Crippen molar-refractivity contribution in [1.29, 1.82) is 0 Å². The second kappa shape index (κ2) is 8.85. The van der Waals surface area contributed by atoms with Gasteiger partial charge in [-0.05, 0) is 33.1 Å². The van der Waals surface area contributed by atoms with Crippen molar-refractivity contribution >= 4 is 12.1 Å². The molecule has 0 radical (unpaired) electrons. The standard InChI is InChI=1S/C18H33NO6/c1-7-10(8-2)14(20)13-12(19-17(23)25-18(3,4)5)9-11(15(13)21)16(22)24-6/h10-15,20-21H,7-9H2,1-6H3,(H,19,23)/t11-,12+,13+,14-,15+/m0/s1. The van der Waals surface area contributed by atoms with Crippen LogP contribution in [0.4, 0.5) is 4.79 Å². The topological polar surface area (TPSA) is 105 Å². The van der Waals surface area contributed by atoms with Gasteiger partial charge in [0.1, 0.15) is 5.60 Å². The third-order valence-electron chi connectivity index (χ3n) is 4.91. The van der Waals surface area contributed by atoms with E-state index in [1.54, 1.807) is 20.8 Å². The number of nitrogens with one attached hydrogen (secondary N) is 1. The molecule has 1 aliphatic carbocycles. The number of hydrogen-bond donors (Lipinski definition) is 3. The number of ether oxygens (including phenoxy) is 2. The molecule has 0 bridgehead atoms. The van der Waals surface area contributed by atoms with Gasteiger partial charge in [-0.2, -0.15) is 0 Å². The van der Waals surface area contributed by atoms with Gasteiger partial charge >= 0.3 is 12.1 Å². The van der Waals surface area contributed by atoms with Crippen molar-refractivity contribution in [2.75, 3.05) is 7.11 Å². The number of methoxy groups -OCH3 is 1. The van der Waals surface area contributed by atoms with Gasteiger partial charge in [-0.3, -0.25) is 4.79 Å². The molecule has 0 aromatic rings. The zero-order valence-electron chi connectivity index (χ0n) is 16.1. The van der Waals surface area contributed by atoms with E-state index in [1.165, 1.54) is 7.11 Å². The highest BCUT2D eigenvalue weighted by atomic mass is 16.6. The van der Waals surface area contributed by atoms with Crippen LogP contribution < -0.4 is 5.32 Å². The van der Waals surface area contributed by atoms with Gasteiger partial charge in [0.15, 0.2) is 0 Å². The van der Waals surface area contributed by atoms with Crippen LogP contribution in [0.3, 0.4) is 0 Å². The second-order valence-electron chi connectivity index (χ2n) is 7.75. The predicted molar refractivity (Wildman–Crippen MR) is 92.9 cm³/mol. The van der Waals surface area contributed by atoms with E-state index >= 15 is 0 Å². The molecule has 1 amide bonds.